The third-order valence-electron chi connectivity index (χ3n) is 4.76. The molecule has 18 heavy (non-hydrogen) atoms. The number of ether oxygens (including phenoxy) is 1. The van der Waals surface area contributed by atoms with Gasteiger partial charge in [-0.3, -0.25) is 4.79 Å². The maximum atomic E-state index is 12.1. The van der Waals surface area contributed by atoms with Crippen molar-refractivity contribution in [1.29, 1.82) is 0 Å². The van der Waals surface area contributed by atoms with E-state index in [0.29, 0.717) is 11.6 Å². The van der Waals surface area contributed by atoms with Crippen LogP contribution in [0.15, 0.2) is 0 Å². The molecule has 0 radical (unpaired) electrons. The Balaban J connectivity index is 1.50. The van der Waals surface area contributed by atoms with Crippen molar-refractivity contribution in [3.8, 4) is 0 Å². The average Bonchev–Trinajstić information content (AvgIpc) is 2.38. The summed E-state index contributed by atoms with van der Waals surface area (Å²) in [6, 6.07) is 0.351. The third-order valence-corrected chi connectivity index (χ3v) is 4.76. The van der Waals surface area contributed by atoms with Gasteiger partial charge < -0.3 is 15.4 Å². The van der Waals surface area contributed by atoms with Crippen molar-refractivity contribution in [2.24, 2.45) is 0 Å². The third kappa shape index (κ3) is 2.54. The topological polar surface area (TPSA) is 50.4 Å². The highest BCUT2D eigenvalue weighted by Crippen LogP contribution is 2.38. The first-order chi connectivity index (χ1) is 8.77. The first kappa shape index (κ1) is 12.4. The minimum Gasteiger partial charge on any atom is -0.368 e. The van der Waals surface area contributed by atoms with Crippen LogP contribution in [0.2, 0.25) is 0 Å². The monoisotopic (exact) mass is 252 g/mol. The molecular formula is C14H24N2O2. The predicted molar refractivity (Wildman–Crippen MR) is 69.3 cm³/mol. The van der Waals surface area contributed by atoms with Crippen LogP contribution in [0.3, 0.4) is 0 Å². The Labute approximate surface area is 109 Å². The number of piperidine rings is 1. The molecular weight excluding hydrogens is 228 g/mol. The van der Waals surface area contributed by atoms with Gasteiger partial charge in [0.05, 0.1) is 0 Å². The summed E-state index contributed by atoms with van der Waals surface area (Å²) in [5, 5.41) is 6.84. The normalized spacial score (nSPS) is 34.9. The lowest BCUT2D eigenvalue weighted by Gasteiger charge is -2.48. The quantitative estimate of drug-likeness (QED) is 0.780. The molecule has 3 rings (SSSR count). The SMILES string of the molecule is O=C(NC1CCNC2(CCC2)C1)C1CCCCO1. The molecule has 0 aromatic rings. The number of hydrogen-bond acceptors (Lipinski definition) is 3. The van der Waals surface area contributed by atoms with Crippen LogP contribution < -0.4 is 10.6 Å². The highest BCUT2D eigenvalue weighted by atomic mass is 16.5. The van der Waals surface area contributed by atoms with Crippen LogP contribution in [0, 0.1) is 0 Å². The van der Waals surface area contributed by atoms with E-state index in [1.807, 2.05) is 0 Å². The van der Waals surface area contributed by atoms with E-state index in [9.17, 15) is 4.79 Å². The van der Waals surface area contributed by atoms with E-state index in [0.717, 1.165) is 45.3 Å². The van der Waals surface area contributed by atoms with E-state index in [-0.39, 0.29) is 12.0 Å². The van der Waals surface area contributed by atoms with Crippen LogP contribution in [0.5, 0.6) is 0 Å². The van der Waals surface area contributed by atoms with Gasteiger partial charge in [-0.1, -0.05) is 0 Å². The number of carbonyl (C=O) groups is 1. The van der Waals surface area contributed by atoms with Gasteiger partial charge in [-0.25, -0.2) is 0 Å². The molecule has 2 atom stereocenters. The zero-order valence-corrected chi connectivity index (χ0v) is 11.0. The van der Waals surface area contributed by atoms with Crippen molar-refractivity contribution in [3.63, 3.8) is 0 Å². The molecule has 2 unspecified atom stereocenters. The Bertz CT molecular complexity index is 309. The van der Waals surface area contributed by atoms with Crippen molar-refractivity contribution >= 4 is 5.91 Å². The Hall–Kier alpha value is -0.610. The fourth-order valence-corrected chi connectivity index (χ4v) is 3.51. The lowest BCUT2D eigenvalue weighted by Crippen LogP contribution is -2.60. The van der Waals surface area contributed by atoms with Crippen LogP contribution >= 0.6 is 0 Å². The summed E-state index contributed by atoms with van der Waals surface area (Å²) < 4.78 is 5.55. The van der Waals surface area contributed by atoms with Gasteiger partial charge in [-0.05, 0) is 57.9 Å². The Morgan fingerprint density at radius 1 is 1.22 bits per heavy atom. The number of nitrogens with one attached hydrogen (secondary N) is 2. The number of hydrogen-bond donors (Lipinski definition) is 2. The molecule has 102 valence electrons. The van der Waals surface area contributed by atoms with Gasteiger partial charge in [0, 0.05) is 18.2 Å². The van der Waals surface area contributed by atoms with E-state index >= 15 is 0 Å². The lowest BCUT2D eigenvalue weighted by atomic mass is 9.70. The Kier molecular flexibility index (Phi) is 3.57. The Morgan fingerprint density at radius 3 is 2.78 bits per heavy atom. The summed E-state index contributed by atoms with van der Waals surface area (Å²) in [5.41, 5.74) is 0.351. The van der Waals surface area contributed by atoms with Gasteiger partial charge in [0.15, 0.2) is 0 Å². The van der Waals surface area contributed by atoms with Gasteiger partial charge in [0.2, 0.25) is 5.91 Å². The summed E-state index contributed by atoms with van der Waals surface area (Å²) in [4.78, 5) is 12.1. The molecule has 2 saturated heterocycles. The molecule has 0 aromatic heterocycles. The van der Waals surface area contributed by atoms with E-state index in [4.69, 9.17) is 4.74 Å². The summed E-state index contributed by atoms with van der Waals surface area (Å²) in [6.07, 6.45) is 8.96. The van der Waals surface area contributed by atoms with Crippen molar-refractivity contribution in [2.75, 3.05) is 13.2 Å². The largest absolute Gasteiger partial charge is 0.368 e. The minimum absolute atomic E-state index is 0.121. The average molecular weight is 252 g/mol. The second-order valence-corrected chi connectivity index (χ2v) is 6.11. The second-order valence-electron chi connectivity index (χ2n) is 6.11. The minimum atomic E-state index is -0.189. The number of rotatable bonds is 2. The summed E-state index contributed by atoms with van der Waals surface area (Å²) in [7, 11) is 0. The van der Waals surface area contributed by atoms with E-state index in [2.05, 4.69) is 10.6 Å². The predicted octanol–water partition coefficient (Wildman–Crippen LogP) is 1.35. The van der Waals surface area contributed by atoms with Crippen LogP contribution in [-0.2, 0) is 9.53 Å². The smallest absolute Gasteiger partial charge is 0.249 e. The molecule has 1 spiro atoms. The fraction of sp³-hybridized carbons (Fsp3) is 0.929. The van der Waals surface area contributed by atoms with E-state index < -0.39 is 0 Å². The maximum Gasteiger partial charge on any atom is 0.249 e. The summed E-state index contributed by atoms with van der Waals surface area (Å²) in [6.45, 7) is 1.78. The standard InChI is InChI=1S/C14H24N2O2/c17-13(12-4-1-2-9-18-12)16-11-5-8-15-14(10-11)6-3-7-14/h11-12,15H,1-10H2,(H,16,17). The molecule has 3 aliphatic rings. The number of amides is 1. The summed E-state index contributed by atoms with van der Waals surface area (Å²) >= 11 is 0. The van der Waals surface area contributed by atoms with Crippen LogP contribution in [0.25, 0.3) is 0 Å². The molecule has 2 aliphatic heterocycles. The lowest BCUT2D eigenvalue weighted by molar-refractivity contribution is -0.136. The van der Waals surface area contributed by atoms with Gasteiger partial charge >= 0.3 is 0 Å². The molecule has 1 amide bonds. The van der Waals surface area contributed by atoms with E-state index in [1.54, 1.807) is 0 Å². The first-order valence-electron chi connectivity index (χ1n) is 7.44. The van der Waals surface area contributed by atoms with Gasteiger partial charge in [0.1, 0.15) is 6.10 Å². The number of carbonyl (C=O) groups excluding carboxylic acids is 1. The second kappa shape index (κ2) is 5.17. The van der Waals surface area contributed by atoms with Crippen molar-refractivity contribution in [3.05, 3.63) is 0 Å². The van der Waals surface area contributed by atoms with Crippen molar-refractivity contribution in [2.45, 2.75) is 69.1 Å². The summed E-state index contributed by atoms with van der Waals surface area (Å²) in [5.74, 6) is 0.121. The molecule has 2 heterocycles. The molecule has 4 heteroatoms. The van der Waals surface area contributed by atoms with Crippen LogP contribution in [-0.4, -0.2) is 36.7 Å². The zero-order chi connectivity index (χ0) is 12.4. The van der Waals surface area contributed by atoms with Gasteiger partial charge in [-0.15, -0.1) is 0 Å². The highest BCUT2D eigenvalue weighted by molar-refractivity contribution is 5.81. The maximum absolute atomic E-state index is 12.1. The first-order valence-corrected chi connectivity index (χ1v) is 7.44. The molecule has 4 nitrogen and oxygen atoms in total. The van der Waals surface area contributed by atoms with Crippen molar-refractivity contribution in [1.82, 2.24) is 10.6 Å². The Morgan fingerprint density at radius 2 is 2.11 bits per heavy atom. The molecule has 1 saturated carbocycles. The molecule has 2 N–H and O–H groups in total. The van der Waals surface area contributed by atoms with Gasteiger partial charge in [-0.2, -0.15) is 0 Å². The molecule has 1 aliphatic carbocycles. The molecule has 0 aromatic carbocycles. The van der Waals surface area contributed by atoms with Crippen LogP contribution in [0.4, 0.5) is 0 Å². The molecule has 3 fully saturated rings. The fourth-order valence-electron chi connectivity index (χ4n) is 3.51. The zero-order valence-electron chi connectivity index (χ0n) is 11.0. The van der Waals surface area contributed by atoms with Gasteiger partial charge in [0.25, 0.3) is 0 Å². The molecule has 0 bridgehead atoms. The van der Waals surface area contributed by atoms with Crippen LogP contribution in [0.1, 0.15) is 51.4 Å². The highest BCUT2D eigenvalue weighted by Gasteiger charge is 2.41. The van der Waals surface area contributed by atoms with E-state index in [1.165, 1.54) is 19.3 Å². The van der Waals surface area contributed by atoms with Crippen molar-refractivity contribution < 1.29 is 9.53 Å².